The standard InChI is InChI=1S/C14H13IN2O/c1-9-8-10(6-7-12(9)16)14(18)17-13-5-3-2-4-11(13)15/h2-8H,16H2,1H3,(H,17,18). The van der Waals surface area contributed by atoms with E-state index >= 15 is 0 Å². The van der Waals surface area contributed by atoms with E-state index in [2.05, 4.69) is 27.9 Å². The van der Waals surface area contributed by atoms with Crippen LogP contribution < -0.4 is 11.1 Å². The Morgan fingerprint density at radius 3 is 2.61 bits per heavy atom. The lowest BCUT2D eigenvalue weighted by atomic mass is 10.1. The maximum atomic E-state index is 12.1. The molecule has 3 nitrogen and oxygen atoms in total. The van der Waals surface area contributed by atoms with Gasteiger partial charge in [-0.15, -0.1) is 0 Å². The second-order valence-electron chi connectivity index (χ2n) is 4.01. The maximum Gasteiger partial charge on any atom is 0.255 e. The van der Waals surface area contributed by atoms with Crippen LogP contribution in [-0.4, -0.2) is 5.91 Å². The van der Waals surface area contributed by atoms with Gasteiger partial charge in [-0.2, -0.15) is 0 Å². The van der Waals surface area contributed by atoms with Gasteiger partial charge in [0.1, 0.15) is 0 Å². The Bertz CT molecular complexity index is 596. The van der Waals surface area contributed by atoms with Crippen LogP contribution >= 0.6 is 22.6 Å². The molecule has 92 valence electrons. The number of benzene rings is 2. The van der Waals surface area contributed by atoms with Crippen LogP contribution in [0.2, 0.25) is 0 Å². The third kappa shape index (κ3) is 2.81. The molecule has 0 saturated heterocycles. The summed E-state index contributed by atoms with van der Waals surface area (Å²) in [5.74, 6) is -0.123. The smallest absolute Gasteiger partial charge is 0.255 e. The molecule has 0 spiro atoms. The van der Waals surface area contributed by atoms with Crippen LogP contribution in [0.3, 0.4) is 0 Å². The zero-order valence-electron chi connectivity index (χ0n) is 9.91. The molecule has 0 aromatic heterocycles. The molecule has 1 amide bonds. The Hall–Kier alpha value is -1.56. The molecule has 0 fully saturated rings. The predicted octanol–water partition coefficient (Wildman–Crippen LogP) is 3.43. The van der Waals surface area contributed by atoms with Crippen molar-refractivity contribution in [2.24, 2.45) is 0 Å². The fourth-order valence-corrected chi connectivity index (χ4v) is 2.10. The van der Waals surface area contributed by atoms with Crippen LogP contribution in [0.25, 0.3) is 0 Å². The van der Waals surface area contributed by atoms with E-state index in [0.29, 0.717) is 11.3 Å². The number of nitrogen functional groups attached to an aromatic ring is 1. The number of halogens is 1. The van der Waals surface area contributed by atoms with Gasteiger partial charge in [0, 0.05) is 14.8 Å². The number of rotatable bonds is 2. The minimum Gasteiger partial charge on any atom is -0.399 e. The molecular formula is C14H13IN2O. The second kappa shape index (κ2) is 5.39. The first-order chi connectivity index (χ1) is 8.58. The highest BCUT2D eigenvalue weighted by Crippen LogP contribution is 2.19. The fraction of sp³-hybridized carbons (Fsp3) is 0.0714. The summed E-state index contributed by atoms with van der Waals surface area (Å²) >= 11 is 2.19. The molecule has 0 aliphatic rings. The lowest BCUT2D eigenvalue weighted by Crippen LogP contribution is -2.13. The SMILES string of the molecule is Cc1cc(C(=O)Nc2ccccc2I)ccc1N. The predicted molar refractivity (Wildman–Crippen MR) is 82.7 cm³/mol. The van der Waals surface area contributed by atoms with Crippen molar-refractivity contribution >= 4 is 39.9 Å². The Kier molecular flexibility index (Phi) is 3.86. The summed E-state index contributed by atoms with van der Waals surface area (Å²) in [4.78, 5) is 12.1. The van der Waals surface area contributed by atoms with E-state index in [1.54, 1.807) is 18.2 Å². The van der Waals surface area contributed by atoms with Crippen molar-refractivity contribution in [1.29, 1.82) is 0 Å². The highest BCUT2D eigenvalue weighted by Gasteiger charge is 2.08. The summed E-state index contributed by atoms with van der Waals surface area (Å²) in [6, 6.07) is 12.9. The number of amides is 1. The van der Waals surface area contributed by atoms with E-state index in [-0.39, 0.29) is 5.91 Å². The van der Waals surface area contributed by atoms with Gasteiger partial charge in [-0.25, -0.2) is 0 Å². The lowest BCUT2D eigenvalue weighted by molar-refractivity contribution is 0.102. The van der Waals surface area contributed by atoms with Gasteiger partial charge in [-0.1, -0.05) is 12.1 Å². The van der Waals surface area contributed by atoms with Crippen molar-refractivity contribution in [3.05, 3.63) is 57.2 Å². The van der Waals surface area contributed by atoms with Gasteiger partial charge < -0.3 is 11.1 Å². The van der Waals surface area contributed by atoms with Crippen LogP contribution in [0.1, 0.15) is 15.9 Å². The first kappa shape index (κ1) is 12.9. The lowest BCUT2D eigenvalue weighted by Gasteiger charge is -2.08. The monoisotopic (exact) mass is 352 g/mol. The van der Waals surface area contributed by atoms with E-state index in [1.807, 2.05) is 31.2 Å². The Morgan fingerprint density at radius 2 is 1.94 bits per heavy atom. The Morgan fingerprint density at radius 1 is 1.22 bits per heavy atom. The van der Waals surface area contributed by atoms with Gasteiger partial charge in [-0.05, 0) is 65.4 Å². The number of nitrogens with two attached hydrogens (primary N) is 1. The minimum absolute atomic E-state index is 0.123. The number of para-hydroxylation sites is 1. The number of carbonyl (C=O) groups excluding carboxylic acids is 1. The molecule has 18 heavy (non-hydrogen) atoms. The summed E-state index contributed by atoms with van der Waals surface area (Å²) in [5, 5.41) is 2.89. The molecule has 2 aromatic carbocycles. The molecule has 0 unspecified atom stereocenters. The molecule has 0 aliphatic carbocycles. The molecule has 0 radical (unpaired) electrons. The van der Waals surface area contributed by atoms with Crippen molar-refractivity contribution in [2.45, 2.75) is 6.92 Å². The topological polar surface area (TPSA) is 55.1 Å². The summed E-state index contributed by atoms with van der Waals surface area (Å²) in [7, 11) is 0. The highest BCUT2D eigenvalue weighted by atomic mass is 127. The van der Waals surface area contributed by atoms with Crippen molar-refractivity contribution in [2.75, 3.05) is 11.1 Å². The van der Waals surface area contributed by atoms with E-state index in [0.717, 1.165) is 14.8 Å². The van der Waals surface area contributed by atoms with Gasteiger partial charge in [0.05, 0.1) is 5.69 Å². The van der Waals surface area contributed by atoms with Crippen LogP contribution in [0.4, 0.5) is 11.4 Å². The van der Waals surface area contributed by atoms with Crippen molar-refractivity contribution in [3.8, 4) is 0 Å². The zero-order chi connectivity index (χ0) is 13.1. The third-order valence-corrected chi connectivity index (χ3v) is 3.59. The number of aryl methyl sites for hydroxylation is 1. The van der Waals surface area contributed by atoms with Crippen LogP contribution in [0.15, 0.2) is 42.5 Å². The molecule has 2 aromatic rings. The van der Waals surface area contributed by atoms with Crippen LogP contribution in [-0.2, 0) is 0 Å². The molecule has 0 saturated carbocycles. The maximum absolute atomic E-state index is 12.1. The average molecular weight is 352 g/mol. The molecule has 0 heterocycles. The Balaban J connectivity index is 2.22. The van der Waals surface area contributed by atoms with E-state index in [1.165, 1.54) is 0 Å². The second-order valence-corrected chi connectivity index (χ2v) is 5.17. The van der Waals surface area contributed by atoms with Gasteiger partial charge in [0.2, 0.25) is 0 Å². The number of anilines is 2. The van der Waals surface area contributed by atoms with E-state index in [4.69, 9.17) is 5.73 Å². The minimum atomic E-state index is -0.123. The van der Waals surface area contributed by atoms with Crippen molar-refractivity contribution in [3.63, 3.8) is 0 Å². The first-order valence-electron chi connectivity index (χ1n) is 5.50. The van der Waals surface area contributed by atoms with E-state index < -0.39 is 0 Å². The molecule has 2 rings (SSSR count). The first-order valence-corrected chi connectivity index (χ1v) is 6.58. The fourth-order valence-electron chi connectivity index (χ4n) is 1.57. The van der Waals surface area contributed by atoms with Crippen molar-refractivity contribution < 1.29 is 4.79 Å². The zero-order valence-corrected chi connectivity index (χ0v) is 12.1. The van der Waals surface area contributed by atoms with Gasteiger partial charge in [0.25, 0.3) is 5.91 Å². The largest absolute Gasteiger partial charge is 0.399 e. The van der Waals surface area contributed by atoms with Crippen molar-refractivity contribution in [1.82, 2.24) is 0 Å². The number of nitrogens with one attached hydrogen (secondary N) is 1. The molecular weight excluding hydrogens is 339 g/mol. The van der Waals surface area contributed by atoms with Crippen LogP contribution in [0.5, 0.6) is 0 Å². The molecule has 3 N–H and O–H groups in total. The van der Waals surface area contributed by atoms with Gasteiger partial charge in [-0.3, -0.25) is 4.79 Å². The van der Waals surface area contributed by atoms with Gasteiger partial charge >= 0.3 is 0 Å². The highest BCUT2D eigenvalue weighted by molar-refractivity contribution is 14.1. The van der Waals surface area contributed by atoms with E-state index in [9.17, 15) is 4.79 Å². The third-order valence-electron chi connectivity index (χ3n) is 2.65. The Labute approximate surface area is 120 Å². The quantitative estimate of drug-likeness (QED) is 0.643. The number of hydrogen-bond donors (Lipinski definition) is 2. The molecule has 0 aliphatic heterocycles. The summed E-state index contributed by atoms with van der Waals surface area (Å²) in [5.41, 5.74) is 8.77. The summed E-state index contributed by atoms with van der Waals surface area (Å²) in [6.45, 7) is 1.89. The molecule has 0 atom stereocenters. The summed E-state index contributed by atoms with van der Waals surface area (Å²) < 4.78 is 1.01. The average Bonchev–Trinajstić information content (AvgIpc) is 2.35. The molecule has 0 bridgehead atoms. The summed E-state index contributed by atoms with van der Waals surface area (Å²) in [6.07, 6.45) is 0. The van der Waals surface area contributed by atoms with Crippen LogP contribution in [0, 0.1) is 10.5 Å². The number of carbonyl (C=O) groups is 1. The normalized spacial score (nSPS) is 10.1. The number of hydrogen-bond acceptors (Lipinski definition) is 2. The van der Waals surface area contributed by atoms with Gasteiger partial charge in [0.15, 0.2) is 0 Å². The molecule has 4 heteroatoms.